The van der Waals surface area contributed by atoms with Crippen molar-refractivity contribution >= 4 is 0 Å². The van der Waals surface area contributed by atoms with Gasteiger partial charge in [0, 0.05) is 25.2 Å². The van der Waals surface area contributed by atoms with Crippen LogP contribution in [-0.4, -0.2) is 36.6 Å². The molecule has 1 fully saturated rings. The van der Waals surface area contributed by atoms with Gasteiger partial charge < -0.3 is 16.4 Å². The summed E-state index contributed by atoms with van der Waals surface area (Å²) in [6.07, 6.45) is 2.41. The maximum Gasteiger partial charge on any atom is 0.0168 e. The van der Waals surface area contributed by atoms with Crippen LogP contribution in [0, 0.1) is 0 Å². The van der Waals surface area contributed by atoms with Crippen LogP contribution in [-0.2, 0) is 0 Å². The van der Waals surface area contributed by atoms with Gasteiger partial charge in [-0.2, -0.15) is 0 Å². The molecular weight excluding hydrogens is 138 g/mol. The molecule has 11 heavy (non-hydrogen) atoms. The van der Waals surface area contributed by atoms with E-state index in [1.165, 1.54) is 19.4 Å². The highest BCUT2D eigenvalue weighted by Gasteiger charge is 2.16. The summed E-state index contributed by atoms with van der Waals surface area (Å²) in [5, 5.41) is 0. The Kier molecular flexibility index (Phi) is 3.30. The Bertz CT molecular complexity index is 112. The van der Waals surface area contributed by atoms with Gasteiger partial charge in [0.05, 0.1) is 0 Å². The van der Waals surface area contributed by atoms with Crippen LogP contribution < -0.4 is 11.5 Å². The standard InChI is InChI=1S/C8H19N3/c1-7(9)5-11-4-2-3-8(10)6-11/h7-8H,2-6,9-10H2,1H3. The molecule has 0 amide bonds. The SMILES string of the molecule is CC(N)CN1CCCC(N)C1. The highest BCUT2D eigenvalue weighted by molar-refractivity contribution is 4.76. The quantitative estimate of drug-likeness (QED) is 0.581. The molecule has 0 spiro atoms. The van der Waals surface area contributed by atoms with E-state index in [2.05, 4.69) is 4.90 Å². The zero-order chi connectivity index (χ0) is 8.27. The van der Waals surface area contributed by atoms with Crippen molar-refractivity contribution in [3.63, 3.8) is 0 Å². The van der Waals surface area contributed by atoms with Crippen molar-refractivity contribution in [2.24, 2.45) is 11.5 Å². The minimum absolute atomic E-state index is 0.278. The maximum absolute atomic E-state index is 5.82. The third kappa shape index (κ3) is 3.18. The zero-order valence-electron chi connectivity index (χ0n) is 7.29. The van der Waals surface area contributed by atoms with E-state index in [0.29, 0.717) is 6.04 Å². The lowest BCUT2D eigenvalue weighted by Gasteiger charge is -2.31. The molecule has 4 N–H and O–H groups in total. The molecule has 1 saturated heterocycles. The van der Waals surface area contributed by atoms with Gasteiger partial charge in [-0.05, 0) is 26.3 Å². The monoisotopic (exact) mass is 157 g/mol. The molecule has 1 aliphatic rings. The summed E-state index contributed by atoms with van der Waals surface area (Å²) < 4.78 is 0. The molecule has 0 saturated carbocycles. The van der Waals surface area contributed by atoms with Crippen molar-refractivity contribution in [2.75, 3.05) is 19.6 Å². The van der Waals surface area contributed by atoms with Gasteiger partial charge in [-0.3, -0.25) is 0 Å². The van der Waals surface area contributed by atoms with E-state index in [1.807, 2.05) is 6.92 Å². The molecule has 2 atom stereocenters. The largest absolute Gasteiger partial charge is 0.327 e. The molecule has 66 valence electrons. The average molecular weight is 157 g/mol. The maximum atomic E-state index is 5.82. The third-order valence-electron chi connectivity index (χ3n) is 2.09. The van der Waals surface area contributed by atoms with Gasteiger partial charge in [0.25, 0.3) is 0 Å². The van der Waals surface area contributed by atoms with Crippen molar-refractivity contribution < 1.29 is 0 Å². The predicted molar refractivity (Wildman–Crippen MR) is 47.3 cm³/mol. The van der Waals surface area contributed by atoms with Gasteiger partial charge in [-0.1, -0.05) is 0 Å². The molecule has 0 aromatic carbocycles. The van der Waals surface area contributed by atoms with Crippen LogP contribution >= 0.6 is 0 Å². The number of nitrogens with two attached hydrogens (primary N) is 2. The highest BCUT2D eigenvalue weighted by atomic mass is 15.2. The number of likely N-dealkylation sites (tertiary alicyclic amines) is 1. The van der Waals surface area contributed by atoms with Gasteiger partial charge in [-0.25, -0.2) is 0 Å². The van der Waals surface area contributed by atoms with Crippen molar-refractivity contribution in [3.8, 4) is 0 Å². The molecule has 2 unspecified atom stereocenters. The fourth-order valence-electron chi connectivity index (χ4n) is 1.66. The van der Waals surface area contributed by atoms with E-state index in [1.54, 1.807) is 0 Å². The first-order valence-corrected chi connectivity index (χ1v) is 4.42. The van der Waals surface area contributed by atoms with Crippen LogP contribution in [0.3, 0.4) is 0 Å². The second-order valence-corrected chi connectivity index (χ2v) is 3.64. The minimum Gasteiger partial charge on any atom is -0.327 e. The van der Waals surface area contributed by atoms with Crippen LogP contribution in [0.4, 0.5) is 0 Å². The van der Waals surface area contributed by atoms with Gasteiger partial charge in [0.2, 0.25) is 0 Å². The third-order valence-corrected chi connectivity index (χ3v) is 2.09. The Labute approximate surface area is 68.7 Å². The van der Waals surface area contributed by atoms with E-state index in [-0.39, 0.29) is 6.04 Å². The smallest absolute Gasteiger partial charge is 0.0168 e. The summed E-state index contributed by atoms with van der Waals surface area (Å²) in [5.74, 6) is 0. The van der Waals surface area contributed by atoms with Crippen molar-refractivity contribution in [3.05, 3.63) is 0 Å². The highest BCUT2D eigenvalue weighted by Crippen LogP contribution is 2.07. The summed E-state index contributed by atoms with van der Waals surface area (Å²) in [7, 11) is 0. The van der Waals surface area contributed by atoms with E-state index in [4.69, 9.17) is 11.5 Å². The summed E-state index contributed by atoms with van der Waals surface area (Å²) in [4.78, 5) is 2.36. The van der Waals surface area contributed by atoms with Crippen molar-refractivity contribution in [1.29, 1.82) is 0 Å². The molecule has 0 bridgehead atoms. The molecule has 3 nitrogen and oxygen atoms in total. The Hall–Kier alpha value is -0.120. The minimum atomic E-state index is 0.278. The zero-order valence-corrected chi connectivity index (χ0v) is 7.29. The second-order valence-electron chi connectivity index (χ2n) is 3.64. The van der Waals surface area contributed by atoms with Gasteiger partial charge in [0.1, 0.15) is 0 Å². The lowest BCUT2D eigenvalue weighted by Crippen LogP contribution is -2.46. The van der Waals surface area contributed by atoms with Crippen LogP contribution in [0.25, 0.3) is 0 Å². The first-order valence-electron chi connectivity index (χ1n) is 4.42. The molecule has 1 heterocycles. The average Bonchev–Trinajstić information content (AvgIpc) is 1.85. The molecule has 0 aromatic rings. The van der Waals surface area contributed by atoms with Gasteiger partial charge in [-0.15, -0.1) is 0 Å². The Morgan fingerprint density at radius 2 is 2.36 bits per heavy atom. The summed E-state index contributed by atoms with van der Waals surface area (Å²) in [5.41, 5.74) is 11.5. The summed E-state index contributed by atoms with van der Waals surface area (Å²) in [6, 6.07) is 0.655. The van der Waals surface area contributed by atoms with E-state index < -0.39 is 0 Å². The molecule has 1 rings (SSSR count). The lowest BCUT2D eigenvalue weighted by molar-refractivity contribution is 0.201. The normalized spacial score (nSPS) is 30.3. The molecule has 1 aliphatic heterocycles. The molecule has 0 radical (unpaired) electrons. The van der Waals surface area contributed by atoms with Crippen LogP contribution in [0.5, 0.6) is 0 Å². The number of nitrogens with zero attached hydrogens (tertiary/aromatic N) is 1. The number of rotatable bonds is 2. The number of hydrogen-bond acceptors (Lipinski definition) is 3. The Morgan fingerprint density at radius 1 is 1.64 bits per heavy atom. The van der Waals surface area contributed by atoms with Gasteiger partial charge >= 0.3 is 0 Å². The molecule has 0 aliphatic carbocycles. The first-order chi connectivity index (χ1) is 5.18. The van der Waals surface area contributed by atoms with Crippen molar-refractivity contribution in [1.82, 2.24) is 4.90 Å². The number of hydrogen-bond donors (Lipinski definition) is 2. The molecule has 3 heteroatoms. The predicted octanol–water partition coefficient (Wildman–Crippen LogP) is -0.243. The van der Waals surface area contributed by atoms with Crippen LogP contribution in [0.15, 0.2) is 0 Å². The van der Waals surface area contributed by atoms with Gasteiger partial charge in [0.15, 0.2) is 0 Å². The Morgan fingerprint density at radius 3 is 2.91 bits per heavy atom. The fourth-order valence-corrected chi connectivity index (χ4v) is 1.66. The number of piperidine rings is 1. The molecule has 0 aromatic heterocycles. The van der Waals surface area contributed by atoms with Crippen molar-refractivity contribution in [2.45, 2.75) is 31.8 Å². The second kappa shape index (κ2) is 4.04. The van der Waals surface area contributed by atoms with Crippen LogP contribution in [0.1, 0.15) is 19.8 Å². The Balaban J connectivity index is 2.23. The van der Waals surface area contributed by atoms with E-state index >= 15 is 0 Å². The van der Waals surface area contributed by atoms with E-state index in [9.17, 15) is 0 Å². The fraction of sp³-hybridized carbons (Fsp3) is 1.00. The summed E-state index contributed by atoms with van der Waals surface area (Å²) >= 11 is 0. The topological polar surface area (TPSA) is 55.3 Å². The van der Waals surface area contributed by atoms with Crippen LogP contribution in [0.2, 0.25) is 0 Å². The lowest BCUT2D eigenvalue weighted by atomic mass is 10.1. The first kappa shape index (κ1) is 8.97. The molecular formula is C8H19N3. The van der Waals surface area contributed by atoms with E-state index in [0.717, 1.165) is 13.1 Å². The summed E-state index contributed by atoms with van der Waals surface area (Å²) in [6.45, 7) is 5.24.